The number of carbonyl (C=O) groups is 1. The van der Waals surface area contributed by atoms with Gasteiger partial charge in [0.25, 0.3) is 0 Å². The van der Waals surface area contributed by atoms with E-state index in [1.54, 1.807) is 0 Å². The molecule has 1 aliphatic rings. The van der Waals surface area contributed by atoms with E-state index in [0.29, 0.717) is 6.54 Å². The lowest BCUT2D eigenvalue weighted by Gasteiger charge is -2.29. The van der Waals surface area contributed by atoms with E-state index in [4.69, 9.17) is 0 Å². The molecule has 21 heavy (non-hydrogen) atoms. The Morgan fingerprint density at radius 3 is 2.48 bits per heavy atom. The standard InChI is InChI=1S/C18H21NO.ClH/c1-14-8-10-19(11-9-14)13-18(20)17-7-6-15-4-2-3-5-16(15)12-17;/h2-7,12,14H,8-11,13H2,1H3;1H. The number of Topliss-reactive ketones (excluding diaryl/α,β-unsaturated/α-hetero) is 1. The molecular weight excluding hydrogens is 282 g/mol. The number of hydrogen-bond acceptors (Lipinski definition) is 2. The van der Waals surface area contributed by atoms with E-state index in [1.165, 1.54) is 18.2 Å². The average molecular weight is 304 g/mol. The summed E-state index contributed by atoms with van der Waals surface area (Å²) in [6, 6.07) is 14.2. The number of piperidine rings is 1. The third kappa shape index (κ3) is 3.84. The van der Waals surface area contributed by atoms with Crippen molar-refractivity contribution < 1.29 is 4.79 Å². The number of nitrogens with zero attached hydrogens (tertiary/aromatic N) is 1. The van der Waals surface area contributed by atoms with Crippen LogP contribution in [0.15, 0.2) is 42.5 Å². The Morgan fingerprint density at radius 2 is 1.76 bits per heavy atom. The van der Waals surface area contributed by atoms with Crippen LogP contribution in [0.5, 0.6) is 0 Å². The number of likely N-dealkylation sites (tertiary alicyclic amines) is 1. The second-order valence-electron chi connectivity index (χ2n) is 5.94. The van der Waals surface area contributed by atoms with Crippen LogP contribution in [0.2, 0.25) is 0 Å². The fourth-order valence-corrected chi connectivity index (χ4v) is 2.88. The molecule has 0 saturated carbocycles. The van der Waals surface area contributed by atoms with Crippen LogP contribution in [-0.4, -0.2) is 30.3 Å². The molecule has 0 aromatic heterocycles. The van der Waals surface area contributed by atoms with Gasteiger partial charge in [-0.05, 0) is 48.7 Å². The molecule has 2 aromatic rings. The Kier molecular flexibility index (Phi) is 5.38. The molecule has 0 amide bonds. The first-order valence-corrected chi connectivity index (χ1v) is 7.47. The fraction of sp³-hybridized carbons (Fsp3) is 0.389. The number of hydrogen-bond donors (Lipinski definition) is 0. The van der Waals surface area contributed by atoms with E-state index in [1.807, 2.05) is 30.3 Å². The van der Waals surface area contributed by atoms with Gasteiger partial charge in [0.15, 0.2) is 5.78 Å². The first-order valence-electron chi connectivity index (χ1n) is 7.47. The smallest absolute Gasteiger partial charge is 0.176 e. The van der Waals surface area contributed by atoms with E-state index >= 15 is 0 Å². The maximum absolute atomic E-state index is 12.4. The van der Waals surface area contributed by atoms with Gasteiger partial charge in [0.2, 0.25) is 0 Å². The number of rotatable bonds is 3. The molecule has 0 spiro atoms. The van der Waals surface area contributed by atoms with Gasteiger partial charge in [-0.3, -0.25) is 9.69 Å². The third-order valence-corrected chi connectivity index (χ3v) is 4.31. The van der Waals surface area contributed by atoms with Crippen molar-refractivity contribution in [2.24, 2.45) is 5.92 Å². The van der Waals surface area contributed by atoms with Crippen LogP contribution < -0.4 is 0 Å². The minimum atomic E-state index is 0. The summed E-state index contributed by atoms with van der Waals surface area (Å²) in [6.07, 6.45) is 2.43. The second-order valence-corrected chi connectivity index (χ2v) is 5.94. The molecule has 2 aromatic carbocycles. The van der Waals surface area contributed by atoms with Crippen LogP contribution in [0.25, 0.3) is 10.8 Å². The van der Waals surface area contributed by atoms with E-state index in [2.05, 4.69) is 24.0 Å². The molecule has 2 nitrogen and oxygen atoms in total. The Morgan fingerprint density at radius 1 is 1.10 bits per heavy atom. The molecular formula is C18H22ClNO. The number of fused-ring (bicyclic) bond motifs is 1. The molecule has 0 N–H and O–H groups in total. The molecule has 1 saturated heterocycles. The lowest BCUT2D eigenvalue weighted by molar-refractivity contribution is 0.0900. The largest absolute Gasteiger partial charge is 0.296 e. The zero-order chi connectivity index (χ0) is 13.9. The van der Waals surface area contributed by atoms with Crippen LogP contribution in [-0.2, 0) is 0 Å². The predicted molar refractivity (Wildman–Crippen MR) is 90.4 cm³/mol. The highest BCUT2D eigenvalue weighted by molar-refractivity contribution is 6.01. The zero-order valence-electron chi connectivity index (χ0n) is 12.4. The molecule has 0 aliphatic carbocycles. The number of carbonyl (C=O) groups excluding carboxylic acids is 1. The van der Waals surface area contributed by atoms with Crippen molar-refractivity contribution in [3.05, 3.63) is 48.0 Å². The van der Waals surface area contributed by atoms with Crippen molar-refractivity contribution in [3.8, 4) is 0 Å². The van der Waals surface area contributed by atoms with Gasteiger partial charge in [0.05, 0.1) is 6.54 Å². The van der Waals surface area contributed by atoms with Crippen molar-refractivity contribution in [1.82, 2.24) is 4.90 Å². The third-order valence-electron chi connectivity index (χ3n) is 4.31. The molecule has 1 aliphatic heterocycles. The molecule has 0 bridgehead atoms. The van der Waals surface area contributed by atoms with Crippen LogP contribution in [0, 0.1) is 5.92 Å². The lowest BCUT2D eigenvalue weighted by Crippen LogP contribution is -2.36. The van der Waals surface area contributed by atoms with E-state index < -0.39 is 0 Å². The van der Waals surface area contributed by atoms with Gasteiger partial charge in [-0.2, -0.15) is 0 Å². The molecule has 112 valence electrons. The van der Waals surface area contributed by atoms with Crippen LogP contribution >= 0.6 is 12.4 Å². The molecule has 3 rings (SSSR count). The summed E-state index contributed by atoms with van der Waals surface area (Å²) in [5.74, 6) is 1.05. The molecule has 1 heterocycles. The van der Waals surface area contributed by atoms with Crippen LogP contribution in [0.1, 0.15) is 30.1 Å². The Bertz CT molecular complexity index is 617. The zero-order valence-corrected chi connectivity index (χ0v) is 13.2. The normalized spacial score (nSPS) is 16.6. The van der Waals surface area contributed by atoms with Crippen molar-refractivity contribution in [3.63, 3.8) is 0 Å². The van der Waals surface area contributed by atoms with E-state index in [9.17, 15) is 4.79 Å². The highest BCUT2D eigenvalue weighted by atomic mass is 35.5. The van der Waals surface area contributed by atoms with Gasteiger partial charge in [0.1, 0.15) is 0 Å². The summed E-state index contributed by atoms with van der Waals surface area (Å²) < 4.78 is 0. The number of ketones is 1. The summed E-state index contributed by atoms with van der Waals surface area (Å²) in [6.45, 7) is 4.97. The van der Waals surface area contributed by atoms with Gasteiger partial charge < -0.3 is 0 Å². The summed E-state index contributed by atoms with van der Waals surface area (Å²) in [4.78, 5) is 14.7. The highest BCUT2D eigenvalue weighted by Crippen LogP contribution is 2.18. The maximum Gasteiger partial charge on any atom is 0.176 e. The first-order chi connectivity index (χ1) is 9.72. The summed E-state index contributed by atoms with van der Waals surface area (Å²) in [5.41, 5.74) is 0.835. The quantitative estimate of drug-likeness (QED) is 0.793. The van der Waals surface area contributed by atoms with E-state index in [-0.39, 0.29) is 18.2 Å². The fourth-order valence-electron chi connectivity index (χ4n) is 2.88. The molecule has 3 heteroatoms. The molecule has 1 fully saturated rings. The number of halogens is 1. The van der Waals surface area contributed by atoms with Gasteiger partial charge in [0, 0.05) is 5.56 Å². The molecule has 0 atom stereocenters. The summed E-state index contributed by atoms with van der Waals surface area (Å²) in [5, 5.41) is 2.33. The van der Waals surface area contributed by atoms with Crippen molar-refractivity contribution in [1.29, 1.82) is 0 Å². The Balaban J connectivity index is 0.00000161. The minimum Gasteiger partial charge on any atom is -0.296 e. The van der Waals surface area contributed by atoms with Crippen LogP contribution in [0.3, 0.4) is 0 Å². The SMILES string of the molecule is CC1CCN(CC(=O)c2ccc3ccccc3c2)CC1.Cl. The van der Waals surface area contributed by atoms with Gasteiger partial charge in [-0.25, -0.2) is 0 Å². The van der Waals surface area contributed by atoms with Crippen molar-refractivity contribution in [2.45, 2.75) is 19.8 Å². The molecule has 0 unspecified atom stereocenters. The number of benzene rings is 2. The molecule has 0 radical (unpaired) electrons. The summed E-state index contributed by atoms with van der Waals surface area (Å²) in [7, 11) is 0. The maximum atomic E-state index is 12.4. The monoisotopic (exact) mass is 303 g/mol. The predicted octanol–water partition coefficient (Wildman–Crippen LogP) is 4.18. The average Bonchev–Trinajstić information content (AvgIpc) is 2.49. The highest BCUT2D eigenvalue weighted by Gasteiger charge is 2.18. The van der Waals surface area contributed by atoms with Crippen molar-refractivity contribution in [2.75, 3.05) is 19.6 Å². The topological polar surface area (TPSA) is 20.3 Å². The Labute approximate surface area is 132 Å². The summed E-state index contributed by atoms with van der Waals surface area (Å²) >= 11 is 0. The first kappa shape index (κ1) is 16.0. The Hall–Kier alpha value is -1.38. The van der Waals surface area contributed by atoms with Gasteiger partial charge in [-0.1, -0.05) is 43.3 Å². The second kappa shape index (κ2) is 7.06. The van der Waals surface area contributed by atoms with Crippen molar-refractivity contribution >= 4 is 29.0 Å². The van der Waals surface area contributed by atoms with Crippen LogP contribution in [0.4, 0.5) is 0 Å². The minimum absolute atomic E-state index is 0. The van der Waals surface area contributed by atoms with Gasteiger partial charge >= 0.3 is 0 Å². The van der Waals surface area contributed by atoms with Gasteiger partial charge in [-0.15, -0.1) is 12.4 Å². The van der Waals surface area contributed by atoms with E-state index in [0.717, 1.165) is 30.0 Å². The lowest BCUT2D eigenvalue weighted by atomic mass is 9.98.